The highest BCUT2D eigenvalue weighted by Gasteiger charge is 2.31. The molecule has 1 aromatic heterocycles. The van der Waals surface area contributed by atoms with Gasteiger partial charge in [-0.3, -0.25) is 14.9 Å². The first-order valence-corrected chi connectivity index (χ1v) is 10.5. The van der Waals surface area contributed by atoms with Crippen molar-refractivity contribution in [3.63, 3.8) is 0 Å². The zero-order valence-corrected chi connectivity index (χ0v) is 18.7. The maximum Gasteiger partial charge on any atom is 0.416 e. The van der Waals surface area contributed by atoms with Crippen molar-refractivity contribution in [1.82, 2.24) is 4.98 Å². The van der Waals surface area contributed by atoms with Crippen molar-refractivity contribution in [2.75, 3.05) is 0 Å². The normalized spacial score (nSPS) is 11.5. The van der Waals surface area contributed by atoms with Crippen LogP contribution in [0.2, 0.25) is 0 Å². The van der Waals surface area contributed by atoms with E-state index in [-0.39, 0.29) is 23.2 Å². The van der Waals surface area contributed by atoms with Crippen molar-refractivity contribution in [2.45, 2.75) is 26.4 Å². The van der Waals surface area contributed by atoms with Crippen LogP contribution in [0.4, 0.5) is 18.9 Å². The number of carbonyl (C=O) groups is 1. The Labute approximate surface area is 198 Å². The Morgan fingerprint density at radius 2 is 1.80 bits per heavy atom. The molecule has 0 aliphatic rings. The Bertz CT molecular complexity index is 1470. The molecule has 0 saturated heterocycles. The molecule has 3 aromatic carbocycles. The topological polar surface area (TPSA) is 82.3 Å². The average Bonchev–Trinajstić information content (AvgIpc) is 2.79. The average molecular weight is 480 g/mol. The first-order valence-electron chi connectivity index (χ1n) is 10.5. The third-order valence-electron chi connectivity index (χ3n) is 5.46. The molecule has 0 N–H and O–H groups in total. The van der Waals surface area contributed by atoms with E-state index in [9.17, 15) is 28.1 Å². The Hall–Kier alpha value is -4.27. The minimum atomic E-state index is -4.53. The summed E-state index contributed by atoms with van der Waals surface area (Å²) in [4.78, 5) is 27.6. The molecule has 4 rings (SSSR count). The van der Waals surface area contributed by atoms with Crippen LogP contribution in [0.15, 0.2) is 66.9 Å². The molecule has 9 heteroatoms. The van der Waals surface area contributed by atoms with Crippen molar-refractivity contribution in [3.05, 3.63) is 105 Å². The third-order valence-corrected chi connectivity index (χ3v) is 5.46. The fourth-order valence-corrected chi connectivity index (χ4v) is 3.82. The largest absolute Gasteiger partial charge is 0.456 e. The summed E-state index contributed by atoms with van der Waals surface area (Å²) in [5, 5.41) is 11.8. The molecule has 0 saturated carbocycles. The number of rotatable bonds is 6. The van der Waals surface area contributed by atoms with Crippen molar-refractivity contribution in [1.29, 1.82) is 0 Å². The number of para-hydroxylation sites is 1. The number of non-ortho nitro benzene ring substituents is 1. The zero-order chi connectivity index (χ0) is 25.3. The molecular weight excluding hydrogens is 461 g/mol. The Balaban J connectivity index is 1.58. The van der Waals surface area contributed by atoms with Crippen LogP contribution in [0.25, 0.3) is 10.9 Å². The number of hydrogen-bond acceptors (Lipinski definition) is 5. The van der Waals surface area contributed by atoms with Crippen LogP contribution in [0.3, 0.4) is 0 Å². The second-order valence-corrected chi connectivity index (χ2v) is 8.13. The third kappa shape index (κ3) is 5.13. The number of aromatic nitrogens is 1. The number of ketones is 1. The first-order chi connectivity index (χ1) is 16.5. The summed E-state index contributed by atoms with van der Waals surface area (Å²) in [6.07, 6.45) is -3.19. The number of nitro benzene ring substituents is 1. The lowest BCUT2D eigenvalue weighted by Crippen LogP contribution is -2.10. The van der Waals surface area contributed by atoms with Crippen LogP contribution in [-0.4, -0.2) is 15.7 Å². The lowest BCUT2D eigenvalue weighted by molar-refractivity contribution is -0.383. The number of Topliss-reactive ketones (excluding diaryl/α,β-unsaturated/α-hetero) is 1. The molecule has 35 heavy (non-hydrogen) atoms. The van der Waals surface area contributed by atoms with Gasteiger partial charge in [0.25, 0.3) is 5.69 Å². The number of nitrogens with zero attached hydrogens (tertiary/aromatic N) is 2. The van der Waals surface area contributed by atoms with E-state index in [2.05, 4.69) is 4.98 Å². The lowest BCUT2D eigenvalue weighted by Gasteiger charge is -2.13. The number of pyridine rings is 1. The molecule has 0 amide bonds. The number of halogens is 3. The summed E-state index contributed by atoms with van der Waals surface area (Å²) in [6.45, 7) is 3.28. The van der Waals surface area contributed by atoms with Gasteiger partial charge in [0.1, 0.15) is 11.5 Å². The van der Waals surface area contributed by atoms with Gasteiger partial charge in [0, 0.05) is 24.2 Å². The SMILES string of the molecule is Cc1cc(C(=O)Cc2ccc(Oc3ccnc4c([N+](=O)[O-])cccc34)c(C)c2)cc(C(F)(F)F)c1. The predicted molar refractivity (Wildman–Crippen MR) is 124 cm³/mol. The van der Waals surface area contributed by atoms with Gasteiger partial charge in [0.2, 0.25) is 0 Å². The van der Waals surface area contributed by atoms with Gasteiger partial charge < -0.3 is 4.74 Å². The molecule has 0 aliphatic heterocycles. The van der Waals surface area contributed by atoms with Crippen molar-refractivity contribution < 1.29 is 27.6 Å². The van der Waals surface area contributed by atoms with E-state index in [0.29, 0.717) is 33.6 Å². The van der Waals surface area contributed by atoms with Gasteiger partial charge in [-0.25, -0.2) is 4.98 Å². The summed E-state index contributed by atoms with van der Waals surface area (Å²) in [6, 6.07) is 14.5. The van der Waals surface area contributed by atoms with Gasteiger partial charge in [-0.05, 0) is 66.9 Å². The molecule has 0 spiro atoms. The van der Waals surface area contributed by atoms with Gasteiger partial charge in [0.05, 0.1) is 15.9 Å². The number of ether oxygens (including phenoxy) is 1. The van der Waals surface area contributed by atoms with Gasteiger partial charge in [-0.1, -0.05) is 18.2 Å². The van der Waals surface area contributed by atoms with E-state index in [0.717, 1.165) is 12.1 Å². The van der Waals surface area contributed by atoms with E-state index >= 15 is 0 Å². The van der Waals surface area contributed by atoms with Crippen LogP contribution >= 0.6 is 0 Å². The van der Waals surface area contributed by atoms with E-state index < -0.39 is 22.4 Å². The van der Waals surface area contributed by atoms with E-state index in [1.54, 1.807) is 43.3 Å². The van der Waals surface area contributed by atoms with Crippen LogP contribution < -0.4 is 4.74 Å². The number of hydrogen-bond donors (Lipinski definition) is 0. The molecule has 0 aliphatic carbocycles. The molecule has 6 nitrogen and oxygen atoms in total. The van der Waals surface area contributed by atoms with Gasteiger partial charge in [0.15, 0.2) is 11.3 Å². The summed E-state index contributed by atoms with van der Waals surface area (Å²) >= 11 is 0. The summed E-state index contributed by atoms with van der Waals surface area (Å²) in [5.41, 5.74) is 0.865. The number of nitro groups is 1. The monoisotopic (exact) mass is 480 g/mol. The summed E-state index contributed by atoms with van der Waals surface area (Å²) in [7, 11) is 0. The fraction of sp³-hybridized carbons (Fsp3) is 0.154. The summed E-state index contributed by atoms with van der Waals surface area (Å²) in [5.74, 6) is 0.417. The second-order valence-electron chi connectivity index (χ2n) is 8.13. The van der Waals surface area contributed by atoms with Crippen LogP contribution in [0, 0.1) is 24.0 Å². The van der Waals surface area contributed by atoms with E-state index in [1.807, 2.05) is 0 Å². The minimum absolute atomic E-state index is 0.000143. The van der Waals surface area contributed by atoms with E-state index in [4.69, 9.17) is 4.74 Å². The number of alkyl halides is 3. The summed E-state index contributed by atoms with van der Waals surface area (Å²) < 4.78 is 45.3. The molecule has 4 aromatic rings. The van der Waals surface area contributed by atoms with E-state index in [1.165, 1.54) is 25.3 Å². The molecule has 0 unspecified atom stereocenters. The minimum Gasteiger partial charge on any atom is -0.456 e. The fourth-order valence-electron chi connectivity index (χ4n) is 3.82. The lowest BCUT2D eigenvalue weighted by atomic mass is 9.98. The second kappa shape index (κ2) is 9.17. The molecule has 0 fully saturated rings. The molecule has 0 radical (unpaired) electrons. The first kappa shape index (κ1) is 23.9. The zero-order valence-electron chi connectivity index (χ0n) is 18.7. The molecular formula is C26H19F3N2O4. The molecule has 0 atom stereocenters. The molecule has 0 bridgehead atoms. The van der Waals surface area contributed by atoms with Crippen LogP contribution in [-0.2, 0) is 12.6 Å². The molecule has 1 heterocycles. The van der Waals surface area contributed by atoms with Crippen molar-refractivity contribution in [3.8, 4) is 11.5 Å². The highest BCUT2D eigenvalue weighted by atomic mass is 19.4. The van der Waals surface area contributed by atoms with Gasteiger partial charge >= 0.3 is 6.18 Å². The quantitative estimate of drug-likeness (QED) is 0.169. The number of carbonyl (C=O) groups excluding carboxylic acids is 1. The standard InChI is InChI=1S/C26H19F3N2O4/c1-15-10-18(14-19(11-15)26(27,28)29)22(32)13-17-6-7-23(16(2)12-17)35-24-8-9-30-25-20(24)4-3-5-21(25)31(33)34/h3-12,14H,13H2,1-2H3. The van der Waals surface area contributed by atoms with Crippen LogP contribution in [0.5, 0.6) is 11.5 Å². The number of fused-ring (bicyclic) bond motifs is 1. The highest BCUT2D eigenvalue weighted by Crippen LogP contribution is 2.35. The molecule has 178 valence electrons. The van der Waals surface area contributed by atoms with Crippen molar-refractivity contribution >= 4 is 22.4 Å². The highest BCUT2D eigenvalue weighted by molar-refractivity contribution is 5.98. The number of benzene rings is 3. The van der Waals surface area contributed by atoms with Gasteiger partial charge in [-0.15, -0.1) is 0 Å². The maximum absolute atomic E-state index is 13.1. The maximum atomic E-state index is 13.1. The predicted octanol–water partition coefficient (Wildman–Crippen LogP) is 7.00. The van der Waals surface area contributed by atoms with Crippen LogP contribution in [0.1, 0.15) is 32.6 Å². The number of aryl methyl sites for hydroxylation is 2. The Kier molecular flexibility index (Phi) is 6.26. The Morgan fingerprint density at radius 1 is 1.03 bits per heavy atom. The Morgan fingerprint density at radius 3 is 2.49 bits per heavy atom. The van der Waals surface area contributed by atoms with Gasteiger partial charge in [-0.2, -0.15) is 13.2 Å². The van der Waals surface area contributed by atoms with Crippen molar-refractivity contribution in [2.24, 2.45) is 0 Å². The smallest absolute Gasteiger partial charge is 0.416 e.